The van der Waals surface area contributed by atoms with Crippen molar-refractivity contribution in [2.45, 2.75) is 19.5 Å². The maximum absolute atomic E-state index is 13.4. The molecule has 0 spiro atoms. The molecule has 0 saturated heterocycles. The number of amides is 1. The van der Waals surface area contributed by atoms with Gasteiger partial charge in [0.2, 0.25) is 0 Å². The second kappa shape index (κ2) is 6.66. The molecule has 0 radical (unpaired) electrons. The van der Waals surface area contributed by atoms with E-state index in [2.05, 4.69) is 20.2 Å². The molecule has 146 valence electrons. The molecule has 1 amide bonds. The van der Waals surface area contributed by atoms with Crippen LogP contribution in [0.5, 0.6) is 0 Å². The first-order chi connectivity index (χ1) is 14.0. The number of carbonyl (C=O) groups excluding carboxylic acids is 1. The number of nitrogens with zero attached hydrogens (tertiary/aromatic N) is 6. The zero-order valence-corrected chi connectivity index (χ0v) is 16.0. The van der Waals surface area contributed by atoms with Gasteiger partial charge in [0.15, 0.2) is 22.3 Å². The van der Waals surface area contributed by atoms with Crippen molar-refractivity contribution in [3.8, 4) is 10.8 Å². The molecule has 4 heterocycles. The number of fused-ring (bicyclic) bond motifs is 2. The number of hydrogen-bond acceptors (Lipinski definition) is 6. The number of benzene rings is 1. The molecular formula is C19H14F2N6OS. The number of carbonyl (C=O) groups is 1. The molecule has 7 nitrogen and oxygen atoms in total. The number of thiazole rings is 1. The number of pyridine rings is 1. The Morgan fingerprint density at radius 3 is 2.72 bits per heavy atom. The van der Waals surface area contributed by atoms with E-state index in [4.69, 9.17) is 0 Å². The van der Waals surface area contributed by atoms with Gasteiger partial charge in [-0.05, 0) is 37.3 Å². The lowest BCUT2D eigenvalue weighted by atomic mass is 10.1. The molecule has 0 unspecified atom stereocenters. The van der Waals surface area contributed by atoms with E-state index in [1.165, 1.54) is 41.7 Å². The summed E-state index contributed by atoms with van der Waals surface area (Å²) < 4.78 is 29.1. The Bertz CT molecular complexity index is 1240. The predicted molar refractivity (Wildman–Crippen MR) is 102 cm³/mol. The predicted octanol–water partition coefficient (Wildman–Crippen LogP) is 3.45. The maximum Gasteiger partial charge on any atom is 0.254 e. The van der Waals surface area contributed by atoms with Gasteiger partial charge in [0.05, 0.1) is 16.9 Å². The monoisotopic (exact) mass is 412 g/mol. The van der Waals surface area contributed by atoms with Crippen LogP contribution in [-0.4, -0.2) is 42.1 Å². The Morgan fingerprint density at radius 2 is 1.93 bits per heavy atom. The maximum atomic E-state index is 13.4. The number of halogens is 2. The van der Waals surface area contributed by atoms with Crippen molar-refractivity contribution >= 4 is 27.6 Å². The summed E-state index contributed by atoms with van der Waals surface area (Å²) in [5.74, 6) is 0.222. The summed E-state index contributed by atoms with van der Waals surface area (Å²) in [4.78, 5) is 23.0. The van der Waals surface area contributed by atoms with Crippen LogP contribution < -0.4 is 0 Å². The van der Waals surface area contributed by atoms with Crippen molar-refractivity contribution in [1.29, 1.82) is 0 Å². The lowest BCUT2D eigenvalue weighted by Gasteiger charge is -2.33. The van der Waals surface area contributed by atoms with E-state index in [-0.39, 0.29) is 17.8 Å². The third-order valence-electron chi connectivity index (χ3n) is 4.94. The second-order valence-electron chi connectivity index (χ2n) is 6.71. The lowest BCUT2D eigenvalue weighted by Crippen LogP contribution is -2.41. The van der Waals surface area contributed by atoms with Gasteiger partial charge in [-0.1, -0.05) is 0 Å². The minimum atomic E-state index is -0.417. The summed E-state index contributed by atoms with van der Waals surface area (Å²) in [7, 11) is 0. The zero-order chi connectivity index (χ0) is 20.1. The molecule has 0 saturated carbocycles. The van der Waals surface area contributed by atoms with E-state index < -0.39 is 5.82 Å². The van der Waals surface area contributed by atoms with E-state index >= 15 is 0 Å². The Balaban J connectivity index is 1.47. The normalized spacial score (nSPS) is 16.2. The fourth-order valence-electron chi connectivity index (χ4n) is 3.47. The molecule has 3 aromatic heterocycles. The quantitative estimate of drug-likeness (QED) is 0.504. The molecule has 0 fully saturated rings. The fraction of sp³-hybridized carbons (Fsp3) is 0.211. The summed E-state index contributed by atoms with van der Waals surface area (Å²) in [6, 6.07) is 6.57. The standard InChI is InChI=1S/C19H14F2N6OS/c1-10-16-24-25-17(18-23-15-14(29-18)8-13(21)9-22-15)27(16)7-6-26(10)19(28)11-2-4-12(20)5-3-11/h2-5,8-10H,6-7H2,1H3/t10-/m1/s1. The SMILES string of the molecule is C[C@@H]1c2nnc(-c3nc4ncc(F)cc4s3)n2CCN1C(=O)c1ccc(F)cc1. The van der Waals surface area contributed by atoms with Crippen LogP contribution in [0.4, 0.5) is 8.78 Å². The summed E-state index contributed by atoms with van der Waals surface area (Å²) in [6.07, 6.45) is 1.13. The van der Waals surface area contributed by atoms with E-state index in [0.29, 0.717) is 45.7 Å². The minimum absolute atomic E-state index is 0.187. The molecule has 1 atom stereocenters. The zero-order valence-electron chi connectivity index (χ0n) is 15.2. The van der Waals surface area contributed by atoms with Crippen molar-refractivity contribution in [1.82, 2.24) is 29.6 Å². The van der Waals surface area contributed by atoms with Crippen LogP contribution in [0.15, 0.2) is 36.5 Å². The average molecular weight is 412 g/mol. The highest BCUT2D eigenvalue weighted by Crippen LogP contribution is 2.33. The van der Waals surface area contributed by atoms with Gasteiger partial charge in [-0.15, -0.1) is 21.5 Å². The Labute approximate surface area is 167 Å². The molecule has 4 aromatic rings. The Morgan fingerprint density at radius 1 is 1.14 bits per heavy atom. The third-order valence-corrected chi connectivity index (χ3v) is 5.93. The lowest BCUT2D eigenvalue weighted by molar-refractivity contribution is 0.0638. The van der Waals surface area contributed by atoms with E-state index in [9.17, 15) is 13.6 Å². The first-order valence-electron chi connectivity index (χ1n) is 8.93. The van der Waals surface area contributed by atoms with Crippen molar-refractivity contribution in [3.05, 3.63) is 59.6 Å². The molecule has 0 bridgehead atoms. The number of aromatic nitrogens is 5. The van der Waals surface area contributed by atoms with Gasteiger partial charge in [0.1, 0.15) is 11.6 Å². The summed E-state index contributed by atoms with van der Waals surface area (Å²) in [5.41, 5.74) is 0.881. The largest absolute Gasteiger partial charge is 0.327 e. The smallest absolute Gasteiger partial charge is 0.254 e. The number of rotatable bonds is 2. The van der Waals surface area contributed by atoms with Gasteiger partial charge in [0.25, 0.3) is 5.91 Å². The first kappa shape index (κ1) is 17.8. The van der Waals surface area contributed by atoms with Crippen molar-refractivity contribution < 1.29 is 13.6 Å². The van der Waals surface area contributed by atoms with Gasteiger partial charge in [-0.2, -0.15) is 0 Å². The highest BCUT2D eigenvalue weighted by atomic mass is 32.1. The average Bonchev–Trinajstić information content (AvgIpc) is 3.32. The minimum Gasteiger partial charge on any atom is -0.327 e. The molecule has 0 aliphatic carbocycles. The number of hydrogen-bond donors (Lipinski definition) is 0. The summed E-state index contributed by atoms with van der Waals surface area (Å²) >= 11 is 1.30. The molecule has 1 aromatic carbocycles. The van der Waals surface area contributed by atoms with Crippen LogP contribution >= 0.6 is 11.3 Å². The van der Waals surface area contributed by atoms with Crippen molar-refractivity contribution in [3.63, 3.8) is 0 Å². The van der Waals surface area contributed by atoms with Crippen LogP contribution in [0.2, 0.25) is 0 Å². The molecule has 1 aliphatic rings. The molecule has 5 rings (SSSR count). The van der Waals surface area contributed by atoms with Crippen molar-refractivity contribution in [2.24, 2.45) is 0 Å². The topological polar surface area (TPSA) is 76.8 Å². The van der Waals surface area contributed by atoms with Crippen LogP contribution in [0.25, 0.3) is 21.2 Å². The van der Waals surface area contributed by atoms with Crippen LogP contribution in [0, 0.1) is 11.6 Å². The van der Waals surface area contributed by atoms with Crippen LogP contribution in [0.1, 0.15) is 29.1 Å². The second-order valence-corrected chi connectivity index (χ2v) is 7.74. The van der Waals surface area contributed by atoms with Crippen molar-refractivity contribution in [2.75, 3.05) is 6.54 Å². The summed E-state index contributed by atoms with van der Waals surface area (Å²) in [5, 5.41) is 9.14. The van der Waals surface area contributed by atoms with Gasteiger partial charge < -0.3 is 9.47 Å². The highest BCUT2D eigenvalue weighted by molar-refractivity contribution is 7.21. The van der Waals surface area contributed by atoms with Gasteiger partial charge in [-0.25, -0.2) is 18.7 Å². The van der Waals surface area contributed by atoms with E-state index in [1.54, 1.807) is 4.90 Å². The van der Waals surface area contributed by atoms with Gasteiger partial charge >= 0.3 is 0 Å². The van der Waals surface area contributed by atoms with E-state index in [0.717, 1.165) is 6.20 Å². The van der Waals surface area contributed by atoms with E-state index in [1.807, 2.05) is 11.5 Å². The molecule has 1 aliphatic heterocycles. The molecule has 10 heteroatoms. The van der Waals surface area contributed by atoms with Crippen LogP contribution in [-0.2, 0) is 6.54 Å². The Hall–Kier alpha value is -3.27. The van der Waals surface area contributed by atoms with Gasteiger partial charge in [-0.3, -0.25) is 4.79 Å². The third kappa shape index (κ3) is 2.96. The summed E-state index contributed by atoms with van der Waals surface area (Å²) in [6.45, 7) is 2.82. The molecular weight excluding hydrogens is 398 g/mol. The fourth-order valence-corrected chi connectivity index (χ4v) is 4.41. The van der Waals surface area contributed by atoms with Crippen LogP contribution in [0.3, 0.4) is 0 Å². The Kier molecular flexibility index (Phi) is 4.09. The first-order valence-corrected chi connectivity index (χ1v) is 9.75. The molecule has 0 N–H and O–H groups in total. The molecule has 29 heavy (non-hydrogen) atoms. The highest BCUT2D eigenvalue weighted by Gasteiger charge is 2.32. The van der Waals surface area contributed by atoms with Gasteiger partial charge in [0, 0.05) is 18.7 Å².